The quantitative estimate of drug-likeness (QED) is 0.597. The molecule has 0 saturated carbocycles. The molecule has 0 aliphatic heterocycles. The summed E-state index contributed by atoms with van der Waals surface area (Å²) in [6.07, 6.45) is 1.13. The number of ether oxygens (including phenoxy) is 3. The molecule has 1 amide bonds. The highest BCUT2D eigenvalue weighted by Gasteiger charge is 2.29. The molecule has 0 saturated heterocycles. The highest BCUT2D eigenvalue weighted by Crippen LogP contribution is 2.50. The lowest BCUT2D eigenvalue weighted by molar-refractivity contribution is -0.135. The normalized spacial score (nSPS) is 14.3. The van der Waals surface area contributed by atoms with Crippen molar-refractivity contribution in [3.8, 4) is 28.4 Å². The second-order valence-corrected chi connectivity index (χ2v) is 7.34. The van der Waals surface area contributed by atoms with E-state index in [9.17, 15) is 14.4 Å². The minimum atomic E-state index is -1.09. The number of hydrogen-bond acceptors (Lipinski definition) is 7. The van der Waals surface area contributed by atoms with Crippen LogP contribution in [0.15, 0.2) is 29.1 Å². The zero-order valence-corrected chi connectivity index (χ0v) is 18.4. The number of rotatable bonds is 7. The van der Waals surface area contributed by atoms with Gasteiger partial charge in [-0.05, 0) is 47.7 Å². The second kappa shape index (κ2) is 9.59. The van der Waals surface area contributed by atoms with Crippen LogP contribution in [0.1, 0.15) is 30.5 Å². The lowest BCUT2D eigenvalue weighted by Crippen LogP contribution is -2.26. The number of benzene rings is 1. The van der Waals surface area contributed by atoms with Gasteiger partial charge in [-0.15, -0.1) is 0 Å². The van der Waals surface area contributed by atoms with E-state index in [0.717, 1.165) is 11.1 Å². The molecule has 170 valence electrons. The van der Waals surface area contributed by atoms with Gasteiger partial charge in [-0.1, -0.05) is 6.07 Å². The van der Waals surface area contributed by atoms with Crippen molar-refractivity contribution in [3.05, 3.63) is 45.6 Å². The van der Waals surface area contributed by atoms with E-state index in [0.29, 0.717) is 41.2 Å². The summed E-state index contributed by atoms with van der Waals surface area (Å²) < 4.78 is 16.7. The maximum atomic E-state index is 12.9. The van der Waals surface area contributed by atoms with Crippen molar-refractivity contribution in [1.82, 2.24) is 5.32 Å². The molecule has 32 heavy (non-hydrogen) atoms. The van der Waals surface area contributed by atoms with Gasteiger partial charge < -0.3 is 30.0 Å². The molecule has 2 aromatic carbocycles. The molecule has 2 aromatic rings. The third-order valence-corrected chi connectivity index (χ3v) is 5.35. The maximum Gasteiger partial charge on any atom is 0.322 e. The Balaban J connectivity index is 2.34. The predicted molar refractivity (Wildman–Crippen MR) is 119 cm³/mol. The van der Waals surface area contributed by atoms with Gasteiger partial charge in [0, 0.05) is 12.5 Å². The molecule has 1 unspecified atom stereocenters. The predicted octanol–water partition coefficient (Wildman–Crippen LogP) is 2.36. The summed E-state index contributed by atoms with van der Waals surface area (Å²) in [7, 11) is 4.58. The highest BCUT2D eigenvalue weighted by molar-refractivity contribution is 5.84. The van der Waals surface area contributed by atoms with Gasteiger partial charge in [-0.25, -0.2) is 0 Å². The number of aryl methyl sites for hydroxylation is 1. The molecular weight excluding hydrogens is 416 g/mol. The Hall–Kier alpha value is -3.75. The summed E-state index contributed by atoms with van der Waals surface area (Å²) in [6, 6.07) is 6.15. The number of carboxylic acids is 1. The Morgan fingerprint density at radius 2 is 1.81 bits per heavy atom. The molecule has 0 aromatic heterocycles. The molecule has 1 aliphatic carbocycles. The van der Waals surface area contributed by atoms with E-state index in [-0.39, 0.29) is 17.0 Å². The average Bonchev–Trinajstić information content (AvgIpc) is 2.99. The topological polar surface area (TPSA) is 123 Å². The van der Waals surface area contributed by atoms with Crippen molar-refractivity contribution in [1.29, 1.82) is 0 Å². The molecular formula is C23H26N2O7. The van der Waals surface area contributed by atoms with Gasteiger partial charge in [-0.2, -0.15) is 0 Å². The van der Waals surface area contributed by atoms with Crippen LogP contribution in [0.5, 0.6) is 17.2 Å². The Kier molecular flexibility index (Phi) is 6.87. The number of anilines is 1. The molecule has 0 bridgehead atoms. The van der Waals surface area contributed by atoms with Crippen molar-refractivity contribution in [2.24, 2.45) is 0 Å². The summed E-state index contributed by atoms with van der Waals surface area (Å²) in [6.45, 7) is 1.02. The van der Waals surface area contributed by atoms with E-state index in [1.165, 1.54) is 27.2 Å². The fourth-order valence-electron chi connectivity index (χ4n) is 4.02. The standard InChI is InChI=1S/C23H26N2O7/c1-12(26)25-16-7-5-13-9-19(30-2)22(31-3)23(32-4)21(13)14-6-8-17(24-11-20(28)29)18(27)10-15(14)16/h6,8-10,16H,5,7,11H2,1-4H3,(H,24,27)(H,25,26)(H,28,29). The molecule has 0 fully saturated rings. The van der Waals surface area contributed by atoms with Crippen molar-refractivity contribution in [2.45, 2.75) is 25.8 Å². The van der Waals surface area contributed by atoms with Gasteiger partial charge >= 0.3 is 5.97 Å². The summed E-state index contributed by atoms with van der Waals surface area (Å²) >= 11 is 0. The van der Waals surface area contributed by atoms with Gasteiger partial charge in [0.25, 0.3) is 0 Å². The van der Waals surface area contributed by atoms with Crippen molar-refractivity contribution >= 4 is 17.6 Å². The van der Waals surface area contributed by atoms with Gasteiger partial charge in [0.05, 0.1) is 33.1 Å². The Morgan fingerprint density at radius 3 is 2.41 bits per heavy atom. The van der Waals surface area contributed by atoms with Crippen LogP contribution < -0.4 is 30.3 Å². The highest BCUT2D eigenvalue weighted by atomic mass is 16.5. The largest absolute Gasteiger partial charge is 0.493 e. The smallest absolute Gasteiger partial charge is 0.322 e. The van der Waals surface area contributed by atoms with Gasteiger partial charge in [0.1, 0.15) is 6.54 Å². The van der Waals surface area contributed by atoms with E-state index < -0.39 is 18.6 Å². The monoisotopic (exact) mass is 442 g/mol. The van der Waals surface area contributed by atoms with Crippen molar-refractivity contribution in [3.63, 3.8) is 0 Å². The first kappa shape index (κ1) is 22.9. The van der Waals surface area contributed by atoms with E-state index in [2.05, 4.69) is 10.6 Å². The molecule has 0 heterocycles. The first-order chi connectivity index (χ1) is 15.3. The molecule has 0 spiro atoms. The summed E-state index contributed by atoms with van der Waals surface area (Å²) in [5.41, 5.74) is 2.68. The number of amides is 1. The number of fused-ring (bicyclic) bond motifs is 3. The Morgan fingerprint density at radius 1 is 1.09 bits per heavy atom. The molecule has 3 N–H and O–H groups in total. The van der Waals surface area contributed by atoms with Gasteiger partial charge in [-0.3, -0.25) is 14.4 Å². The van der Waals surface area contributed by atoms with Gasteiger partial charge in [0.2, 0.25) is 17.1 Å². The van der Waals surface area contributed by atoms with Crippen LogP contribution in [0.3, 0.4) is 0 Å². The summed E-state index contributed by atoms with van der Waals surface area (Å²) in [4.78, 5) is 35.8. The minimum Gasteiger partial charge on any atom is -0.493 e. The van der Waals surface area contributed by atoms with E-state index in [1.54, 1.807) is 19.2 Å². The first-order valence-corrected chi connectivity index (χ1v) is 10.0. The number of carbonyl (C=O) groups excluding carboxylic acids is 1. The molecule has 3 rings (SSSR count). The zero-order chi connectivity index (χ0) is 23.4. The van der Waals surface area contributed by atoms with Gasteiger partial charge in [0.15, 0.2) is 11.5 Å². The first-order valence-electron chi connectivity index (χ1n) is 10.0. The molecule has 1 aliphatic rings. The summed E-state index contributed by atoms with van der Waals surface area (Å²) in [5, 5.41) is 14.5. The average molecular weight is 442 g/mol. The van der Waals surface area contributed by atoms with Crippen LogP contribution in [0, 0.1) is 0 Å². The number of methoxy groups -OCH3 is 3. The van der Waals surface area contributed by atoms with Crippen LogP contribution >= 0.6 is 0 Å². The van der Waals surface area contributed by atoms with Crippen LogP contribution in [0.4, 0.5) is 5.69 Å². The number of carboxylic acid groups (broad SMARTS) is 1. The second-order valence-electron chi connectivity index (χ2n) is 7.34. The molecule has 0 radical (unpaired) electrons. The zero-order valence-electron chi connectivity index (χ0n) is 18.4. The number of hydrogen-bond donors (Lipinski definition) is 3. The molecule has 9 nitrogen and oxygen atoms in total. The third kappa shape index (κ3) is 4.46. The lowest BCUT2D eigenvalue weighted by Gasteiger charge is -2.19. The van der Waals surface area contributed by atoms with Crippen molar-refractivity contribution in [2.75, 3.05) is 33.2 Å². The lowest BCUT2D eigenvalue weighted by atomic mass is 9.95. The third-order valence-electron chi connectivity index (χ3n) is 5.35. The number of carbonyl (C=O) groups is 2. The molecule has 1 atom stereocenters. The molecule has 9 heteroatoms. The Bertz CT molecular complexity index is 1110. The number of aliphatic carboxylic acids is 1. The van der Waals surface area contributed by atoms with Crippen LogP contribution in [0.2, 0.25) is 0 Å². The van der Waals surface area contributed by atoms with Crippen molar-refractivity contribution < 1.29 is 28.9 Å². The van der Waals surface area contributed by atoms with E-state index in [4.69, 9.17) is 19.3 Å². The summed E-state index contributed by atoms with van der Waals surface area (Å²) in [5.74, 6) is 0.0620. The minimum absolute atomic E-state index is 0.142. The van der Waals surface area contributed by atoms with Crippen LogP contribution in [0.25, 0.3) is 11.1 Å². The maximum absolute atomic E-state index is 12.9. The van der Waals surface area contributed by atoms with Crippen LogP contribution in [-0.4, -0.2) is 44.9 Å². The van der Waals surface area contributed by atoms with E-state index >= 15 is 0 Å². The SMILES string of the molecule is COc1cc2c(c(OC)c1OC)-c1ccc(NCC(=O)O)c(=O)cc1C(NC(C)=O)CC2. The van der Waals surface area contributed by atoms with Crippen LogP contribution in [-0.2, 0) is 16.0 Å². The van der Waals surface area contributed by atoms with E-state index in [1.807, 2.05) is 6.07 Å². The number of nitrogens with one attached hydrogen (secondary N) is 2. The Labute approximate surface area is 185 Å². The fourth-order valence-corrected chi connectivity index (χ4v) is 4.02. The fraction of sp³-hybridized carbons (Fsp3) is 0.348.